The molecule has 0 unspecified atom stereocenters. The average Bonchev–Trinajstić information content (AvgIpc) is 1.65. The van der Waals surface area contributed by atoms with Crippen LogP contribution < -0.4 is 5.73 Å². The van der Waals surface area contributed by atoms with Crippen LogP contribution in [-0.4, -0.2) is 38.6 Å². The summed E-state index contributed by atoms with van der Waals surface area (Å²) in [5, 5.41) is 8.41. The Labute approximate surface area is 55.2 Å². The minimum Gasteiger partial charge on any atom is -0.412 e. The van der Waals surface area contributed by atoms with E-state index in [2.05, 4.69) is 16.0 Å². The van der Waals surface area contributed by atoms with Gasteiger partial charge in [-0.15, -0.1) is 0 Å². The van der Waals surface area contributed by atoms with E-state index in [0.717, 1.165) is 0 Å². The second-order valence-corrected chi connectivity index (χ2v) is 1.81. The van der Waals surface area contributed by atoms with E-state index in [-0.39, 0.29) is 5.48 Å². The summed E-state index contributed by atoms with van der Waals surface area (Å²) < 4.78 is 0. The number of nitrogens with two attached hydrogens (primary N) is 1. The van der Waals surface area contributed by atoms with E-state index in [1.54, 1.807) is 0 Å². The number of aliphatic carboxylic acids is 1. The molecule has 1 atom stereocenters. The van der Waals surface area contributed by atoms with Crippen molar-refractivity contribution in [3.05, 3.63) is 0 Å². The van der Waals surface area contributed by atoms with Crippen molar-refractivity contribution < 1.29 is 15.4 Å². The van der Waals surface area contributed by atoms with Crippen LogP contribution in [0.4, 0.5) is 0 Å². The first kappa shape index (κ1) is 10.8. The Kier molecular flexibility index (Phi) is 6.83. The average molecular weight is 185 g/mol. The molecule has 5 N–H and O–H groups in total. The Bertz CT molecular complexity index is 76.9. The van der Waals surface area contributed by atoms with Gasteiger partial charge in [-0.1, -0.05) is 0 Å². The Morgan fingerprint density at radius 3 is 2.25 bits per heavy atom. The smallest absolute Gasteiger partial charge is 0.412 e. The molecule has 49 valence electrons. The molecule has 0 aliphatic heterocycles. The third-order valence-corrected chi connectivity index (χ3v) is 1.25. The molecule has 0 amide bonds. The number of carbonyl (C=O) groups is 1. The molecule has 0 saturated heterocycles. The van der Waals surface area contributed by atoms with Crippen LogP contribution in [0.25, 0.3) is 0 Å². The number of carboxylic acids is 1. The summed E-state index contributed by atoms with van der Waals surface area (Å²) >= 11 is 2.52. The normalized spacial score (nSPS) is 11.8. The standard InChI is InChI=1S/C3H6NO2Se.H2O/c4-2(1-7)3(5)6;/h2H,1,4H2,(H,5,6);1H2/t2-;/m0./s1. The molecular formula is C3H8NO3Se. The molecule has 1 radical (unpaired) electrons. The minimum absolute atomic E-state index is 0. The SMILES string of the molecule is N[C@@H](C[Se])C(=O)O.O. The van der Waals surface area contributed by atoms with Crippen molar-refractivity contribution in [1.82, 2.24) is 0 Å². The van der Waals surface area contributed by atoms with E-state index in [4.69, 9.17) is 10.8 Å². The molecular weight excluding hydrogens is 177 g/mol. The Morgan fingerprint density at radius 2 is 2.25 bits per heavy atom. The van der Waals surface area contributed by atoms with E-state index in [0.29, 0.717) is 5.32 Å². The van der Waals surface area contributed by atoms with E-state index in [1.807, 2.05) is 0 Å². The molecule has 0 rings (SSSR count). The van der Waals surface area contributed by atoms with Crippen LogP contribution in [0, 0.1) is 0 Å². The molecule has 0 fully saturated rings. The summed E-state index contributed by atoms with van der Waals surface area (Å²) in [4.78, 5) is 9.79. The Morgan fingerprint density at radius 1 is 1.88 bits per heavy atom. The quantitative estimate of drug-likeness (QED) is 0.495. The first-order valence-corrected chi connectivity index (χ1v) is 2.96. The van der Waals surface area contributed by atoms with E-state index < -0.39 is 12.0 Å². The van der Waals surface area contributed by atoms with Crippen molar-refractivity contribution in [3.63, 3.8) is 0 Å². The van der Waals surface area contributed by atoms with Gasteiger partial charge in [-0.25, -0.2) is 0 Å². The molecule has 4 nitrogen and oxygen atoms in total. The second kappa shape index (κ2) is 5.05. The van der Waals surface area contributed by atoms with Gasteiger partial charge in [0, 0.05) is 0 Å². The monoisotopic (exact) mass is 186 g/mol. The van der Waals surface area contributed by atoms with Crippen molar-refractivity contribution in [2.24, 2.45) is 5.73 Å². The number of hydrogen-bond acceptors (Lipinski definition) is 2. The largest absolute Gasteiger partial charge is 0.412 e. The number of hydrogen-bond donors (Lipinski definition) is 2. The zero-order chi connectivity index (χ0) is 5.86. The third-order valence-electron chi connectivity index (χ3n) is 0.497. The van der Waals surface area contributed by atoms with Crippen LogP contribution in [0.1, 0.15) is 0 Å². The van der Waals surface area contributed by atoms with Gasteiger partial charge in [0.2, 0.25) is 0 Å². The van der Waals surface area contributed by atoms with Gasteiger partial charge < -0.3 is 5.48 Å². The maximum atomic E-state index is 9.79. The van der Waals surface area contributed by atoms with Crippen LogP contribution in [0.3, 0.4) is 0 Å². The van der Waals surface area contributed by atoms with Crippen LogP contribution in [0.15, 0.2) is 0 Å². The second-order valence-electron chi connectivity index (χ2n) is 1.11. The summed E-state index contributed by atoms with van der Waals surface area (Å²) in [5.41, 5.74) is 4.98. The molecule has 0 spiro atoms. The number of carboxylic acid groups (broad SMARTS) is 1. The molecule has 0 aromatic carbocycles. The van der Waals surface area contributed by atoms with Gasteiger partial charge in [-0.3, -0.25) is 0 Å². The zero-order valence-corrected chi connectivity index (χ0v) is 5.84. The van der Waals surface area contributed by atoms with Crippen molar-refractivity contribution >= 4 is 22.0 Å². The van der Waals surface area contributed by atoms with Crippen molar-refractivity contribution in [3.8, 4) is 0 Å². The van der Waals surface area contributed by atoms with Crippen molar-refractivity contribution in [1.29, 1.82) is 0 Å². The van der Waals surface area contributed by atoms with E-state index >= 15 is 0 Å². The van der Waals surface area contributed by atoms with Crippen molar-refractivity contribution in [2.45, 2.75) is 11.4 Å². The van der Waals surface area contributed by atoms with Crippen LogP contribution in [0.2, 0.25) is 5.32 Å². The fourth-order valence-corrected chi connectivity index (χ4v) is 0.370. The maximum Gasteiger partial charge on any atom is -0.412 e. The molecule has 5 heteroatoms. The Hall–Kier alpha value is -0.0905. The fraction of sp³-hybridized carbons (Fsp3) is 0.667. The topological polar surface area (TPSA) is 94.8 Å². The molecule has 0 heterocycles. The summed E-state index contributed by atoms with van der Waals surface area (Å²) in [7, 11) is 0. The summed E-state index contributed by atoms with van der Waals surface area (Å²) in [5.74, 6) is -0.959. The molecule has 0 aromatic heterocycles. The van der Waals surface area contributed by atoms with Crippen LogP contribution >= 0.6 is 0 Å². The van der Waals surface area contributed by atoms with Gasteiger partial charge in [0.25, 0.3) is 0 Å². The molecule has 0 aliphatic carbocycles. The number of rotatable bonds is 2. The van der Waals surface area contributed by atoms with Gasteiger partial charge >= 0.3 is 49.0 Å². The Balaban J connectivity index is 0. The van der Waals surface area contributed by atoms with Gasteiger partial charge in [0.15, 0.2) is 0 Å². The van der Waals surface area contributed by atoms with Gasteiger partial charge in [0.1, 0.15) is 0 Å². The summed E-state index contributed by atoms with van der Waals surface area (Å²) in [6.07, 6.45) is 0. The predicted molar refractivity (Wildman–Crippen MR) is 29.8 cm³/mol. The van der Waals surface area contributed by atoms with Gasteiger partial charge in [-0.05, 0) is 0 Å². The van der Waals surface area contributed by atoms with E-state index in [1.165, 1.54) is 0 Å². The zero-order valence-electron chi connectivity index (χ0n) is 4.13. The molecule has 0 aromatic rings. The molecule has 8 heavy (non-hydrogen) atoms. The minimum atomic E-state index is -0.959. The summed E-state index contributed by atoms with van der Waals surface area (Å²) in [6.45, 7) is 0. The van der Waals surface area contributed by atoms with Gasteiger partial charge in [-0.2, -0.15) is 0 Å². The molecule has 0 bridgehead atoms. The van der Waals surface area contributed by atoms with Crippen LogP contribution in [-0.2, 0) is 4.79 Å². The van der Waals surface area contributed by atoms with E-state index in [9.17, 15) is 4.79 Å². The molecule has 0 saturated carbocycles. The predicted octanol–water partition coefficient (Wildman–Crippen LogP) is -1.84. The fourth-order valence-electron chi connectivity index (χ4n) is 0.0713. The molecule has 0 aliphatic rings. The van der Waals surface area contributed by atoms with Crippen LogP contribution in [0.5, 0.6) is 0 Å². The maximum absolute atomic E-state index is 9.79. The third kappa shape index (κ3) is 4.08. The van der Waals surface area contributed by atoms with Crippen molar-refractivity contribution in [2.75, 3.05) is 0 Å². The summed E-state index contributed by atoms with van der Waals surface area (Å²) in [6, 6.07) is -0.736. The first-order chi connectivity index (χ1) is 3.18. The van der Waals surface area contributed by atoms with Gasteiger partial charge in [0.05, 0.1) is 0 Å². The first-order valence-electron chi connectivity index (χ1n) is 1.75.